The van der Waals surface area contributed by atoms with Crippen LogP contribution in [0.5, 0.6) is 0 Å². The van der Waals surface area contributed by atoms with Crippen molar-refractivity contribution in [1.82, 2.24) is 4.31 Å². The number of sulfonamides is 1. The summed E-state index contributed by atoms with van der Waals surface area (Å²) in [6.45, 7) is 0. The third-order valence-electron chi connectivity index (χ3n) is 3.54. The zero-order chi connectivity index (χ0) is 21.3. The molecule has 0 saturated carbocycles. The monoisotopic (exact) mass is 420 g/mol. The molecule has 0 bridgehead atoms. The number of nitrogens with zero attached hydrogens (tertiary/aromatic N) is 1. The molecular weight excluding hydrogens is 405 g/mol. The molecule has 1 aromatic heterocycles. The summed E-state index contributed by atoms with van der Waals surface area (Å²) in [5.74, 6) is -2.50. The van der Waals surface area contributed by atoms with Crippen molar-refractivity contribution in [1.29, 1.82) is 0 Å². The van der Waals surface area contributed by atoms with Gasteiger partial charge in [0.15, 0.2) is 5.76 Å². The van der Waals surface area contributed by atoms with E-state index in [1.54, 1.807) is 0 Å². The second-order valence-corrected chi connectivity index (χ2v) is 7.69. The van der Waals surface area contributed by atoms with Crippen molar-refractivity contribution >= 4 is 27.6 Å². The molecule has 28 heavy (non-hydrogen) atoms. The van der Waals surface area contributed by atoms with E-state index in [0.29, 0.717) is 12.1 Å². The van der Waals surface area contributed by atoms with Gasteiger partial charge in [-0.15, -0.1) is 0 Å². The Morgan fingerprint density at radius 1 is 1.14 bits per heavy atom. The van der Waals surface area contributed by atoms with Crippen molar-refractivity contribution in [2.45, 2.75) is 11.3 Å². The third-order valence-corrected chi connectivity index (χ3v) is 5.23. The lowest BCUT2D eigenvalue weighted by atomic mass is 10.1. The van der Waals surface area contributed by atoms with E-state index in [-0.39, 0.29) is 5.56 Å². The molecule has 2 rings (SSSR count). The zero-order valence-corrected chi connectivity index (χ0v) is 15.6. The molecule has 0 saturated heterocycles. The number of halogens is 3. The number of amides is 1. The van der Waals surface area contributed by atoms with Crippen LogP contribution < -0.4 is 5.32 Å². The number of nitrogens with one attached hydrogen (secondary N) is 1. The van der Waals surface area contributed by atoms with Crippen molar-refractivity contribution in [3.63, 3.8) is 0 Å². The Morgan fingerprint density at radius 2 is 1.79 bits per heavy atom. The van der Waals surface area contributed by atoms with Gasteiger partial charge in [0, 0.05) is 14.1 Å². The molecule has 152 valence electrons. The molecule has 0 aliphatic carbocycles. The minimum absolute atomic E-state index is 0.323. The second kappa shape index (κ2) is 7.64. The van der Waals surface area contributed by atoms with Crippen LogP contribution in [0.4, 0.5) is 18.9 Å². The average Bonchev–Trinajstić information content (AvgIpc) is 3.11. The molecule has 2 aromatic rings. The molecular formula is C16H15F3N2O6S. The van der Waals surface area contributed by atoms with Crippen LogP contribution in [0.2, 0.25) is 0 Å². The minimum atomic E-state index is -4.72. The van der Waals surface area contributed by atoms with Gasteiger partial charge in [0.25, 0.3) is 15.9 Å². The van der Waals surface area contributed by atoms with Crippen molar-refractivity contribution < 1.29 is 40.3 Å². The molecule has 0 unspecified atom stereocenters. The fourth-order valence-electron chi connectivity index (χ4n) is 2.06. The molecule has 1 N–H and O–H groups in total. The maximum atomic E-state index is 12.9. The number of carbonyl (C=O) groups is 2. The van der Waals surface area contributed by atoms with Crippen molar-refractivity contribution in [2.24, 2.45) is 0 Å². The van der Waals surface area contributed by atoms with E-state index in [1.807, 2.05) is 0 Å². The first kappa shape index (κ1) is 21.4. The lowest BCUT2D eigenvalue weighted by molar-refractivity contribution is -0.137. The number of furan rings is 1. The van der Waals surface area contributed by atoms with Gasteiger partial charge in [-0.3, -0.25) is 4.79 Å². The van der Waals surface area contributed by atoms with Gasteiger partial charge in [-0.25, -0.2) is 17.5 Å². The Labute approximate surface area is 157 Å². The molecule has 12 heteroatoms. The van der Waals surface area contributed by atoms with Crippen LogP contribution in [0.1, 0.15) is 26.5 Å². The molecule has 8 nitrogen and oxygen atoms in total. The van der Waals surface area contributed by atoms with Crippen LogP contribution in [0.15, 0.2) is 39.8 Å². The molecule has 0 spiro atoms. The number of ether oxygens (including phenoxy) is 1. The Kier molecular flexibility index (Phi) is 5.85. The van der Waals surface area contributed by atoms with Gasteiger partial charge in [-0.2, -0.15) is 13.2 Å². The summed E-state index contributed by atoms with van der Waals surface area (Å²) >= 11 is 0. The van der Waals surface area contributed by atoms with Gasteiger partial charge in [0.1, 0.15) is 0 Å². The first-order chi connectivity index (χ1) is 12.9. The van der Waals surface area contributed by atoms with E-state index in [1.165, 1.54) is 14.1 Å². The Hall–Kier alpha value is -2.86. The van der Waals surface area contributed by atoms with Crippen LogP contribution >= 0.6 is 0 Å². The number of anilines is 1. The average molecular weight is 420 g/mol. The normalized spacial score (nSPS) is 12.1. The number of methoxy groups -OCH3 is 1. The lowest BCUT2D eigenvalue weighted by Gasteiger charge is -2.13. The molecule has 0 atom stereocenters. The Morgan fingerprint density at radius 3 is 2.32 bits per heavy atom. The summed E-state index contributed by atoms with van der Waals surface area (Å²) in [5.41, 5.74) is -1.90. The van der Waals surface area contributed by atoms with Gasteiger partial charge >= 0.3 is 12.1 Å². The van der Waals surface area contributed by atoms with E-state index < -0.39 is 50.2 Å². The largest absolute Gasteiger partial charge is 0.465 e. The molecule has 1 aromatic carbocycles. The van der Waals surface area contributed by atoms with Gasteiger partial charge in [0.05, 0.1) is 23.9 Å². The van der Waals surface area contributed by atoms with E-state index in [9.17, 15) is 31.2 Å². The predicted octanol–water partition coefficient (Wildman–Crippen LogP) is 2.59. The maximum absolute atomic E-state index is 12.9. The number of rotatable bonds is 5. The molecule has 0 aliphatic rings. The van der Waals surface area contributed by atoms with Crippen LogP contribution in [0.3, 0.4) is 0 Å². The quantitative estimate of drug-likeness (QED) is 0.746. The standard InChI is InChI=1S/C16H15F3N2O6S/c1-21(2)28(24,25)13-7-6-12(27-13)14(22)20-11-8-9(16(17,18)19)4-5-10(11)15(23)26-3/h4-8H,1-3H3,(H,20,22). The van der Waals surface area contributed by atoms with E-state index in [4.69, 9.17) is 4.42 Å². The van der Waals surface area contributed by atoms with Crippen LogP contribution in [-0.2, 0) is 20.9 Å². The topological polar surface area (TPSA) is 106 Å². The van der Waals surface area contributed by atoms with Crippen molar-refractivity contribution in [3.05, 3.63) is 47.2 Å². The number of alkyl halides is 3. The number of hydrogen-bond acceptors (Lipinski definition) is 6. The first-order valence-electron chi connectivity index (χ1n) is 7.51. The highest BCUT2D eigenvalue weighted by molar-refractivity contribution is 7.88. The minimum Gasteiger partial charge on any atom is -0.465 e. The summed E-state index contributed by atoms with van der Waals surface area (Å²) in [6, 6.07) is 4.14. The highest BCUT2D eigenvalue weighted by Gasteiger charge is 2.32. The third kappa shape index (κ3) is 4.34. The summed E-state index contributed by atoms with van der Waals surface area (Å²) in [4.78, 5) is 24.1. The first-order valence-corrected chi connectivity index (χ1v) is 8.95. The van der Waals surface area contributed by atoms with E-state index >= 15 is 0 Å². The van der Waals surface area contributed by atoms with Gasteiger partial charge < -0.3 is 14.5 Å². The van der Waals surface area contributed by atoms with Crippen molar-refractivity contribution in [2.75, 3.05) is 26.5 Å². The van der Waals surface area contributed by atoms with Gasteiger partial charge in [0.2, 0.25) is 5.09 Å². The number of benzene rings is 1. The molecule has 0 fully saturated rings. The molecule has 0 radical (unpaired) electrons. The van der Waals surface area contributed by atoms with Gasteiger partial charge in [-0.1, -0.05) is 0 Å². The summed E-state index contributed by atoms with van der Waals surface area (Å²) in [5, 5.41) is 1.58. The summed E-state index contributed by atoms with van der Waals surface area (Å²) in [7, 11) is -0.420. The second-order valence-electron chi connectivity index (χ2n) is 5.61. The molecule has 0 aliphatic heterocycles. The highest BCUT2D eigenvalue weighted by atomic mass is 32.2. The summed E-state index contributed by atoms with van der Waals surface area (Å²) in [6.07, 6.45) is -4.72. The smallest absolute Gasteiger partial charge is 0.416 e. The SMILES string of the molecule is COC(=O)c1ccc(C(F)(F)F)cc1NC(=O)c1ccc(S(=O)(=O)N(C)C)o1. The van der Waals surface area contributed by atoms with Crippen LogP contribution in [0, 0.1) is 0 Å². The molecule has 1 heterocycles. The van der Waals surface area contributed by atoms with Crippen molar-refractivity contribution in [3.8, 4) is 0 Å². The molecule has 1 amide bonds. The lowest BCUT2D eigenvalue weighted by Crippen LogP contribution is -2.21. The van der Waals surface area contributed by atoms with Crippen LogP contribution in [-0.4, -0.2) is 45.8 Å². The fourth-order valence-corrected chi connectivity index (χ4v) is 2.85. The maximum Gasteiger partial charge on any atom is 0.416 e. The Bertz CT molecular complexity index is 1010. The zero-order valence-electron chi connectivity index (χ0n) is 14.8. The number of esters is 1. The van der Waals surface area contributed by atoms with E-state index in [0.717, 1.165) is 29.6 Å². The predicted molar refractivity (Wildman–Crippen MR) is 90.3 cm³/mol. The number of carbonyl (C=O) groups excluding carboxylic acids is 2. The van der Waals surface area contributed by atoms with Crippen LogP contribution in [0.25, 0.3) is 0 Å². The highest BCUT2D eigenvalue weighted by Crippen LogP contribution is 2.32. The van der Waals surface area contributed by atoms with Gasteiger partial charge in [-0.05, 0) is 30.3 Å². The Balaban J connectivity index is 2.40. The van der Waals surface area contributed by atoms with E-state index in [2.05, 4.69) is 10.1 Å². The summed E-state index contributed by atoms with van der Waals surface area (Å²) < 4.78 is 73.1. The number of hydrogen-bond donors (Lipinski definition) is 1. The fraction of sp³-hybridized carbons (Fsp3) is 0.250.